The van der Waals surface area contributed by atoms with Gasteiger partial charge in [0.2, 0.25) is 0 Å². The molecule has 2 rings (SSSR count). The summed E-state index contributed by atoms with van der Waals surface area (Å²) in [7, 11) is -3.11. The molecular formula is C17H30Cl2N2O2S. The lowest BCUT2D eigenvalue weighted by atomic mass is 9.98. The van der Waals surface area contributed by atoms with Gasteiger partial charge in [0.25, 0.3) is 0 Å². The van der Waals surface area contributed by atoms with Crippen molar-refractivity contribution in [2.24, 2.45) is 0 Å². The fraction of sp³-hybridized carbons (Fsp3) is 0.647. The molecular weight excluding hydrogens is 367 g/mol. The number of piperazine rings is 1. The van der Waals surface area contributed by atoms with Gasteiger partial charge in [0.05, 0.1) is 4.90 Å². The van der Waals surface area contributed by atoms with Crippen LogP contribution in [0, 0.1) is 0 Å². The lowest BCUT2D eigenvalue weighted by Crippen LogP contribution is -2.45. The number of nitrogens with zero attached hydrogens (tertiary/aromatic N) is 1. The first-order valence-corrected chi connectivity index (χ1v) is 10.2. The maximum absolute atomic E-state index is 11.6. The van der Waals surface area contributed by atoms with Crippen LogP contribution >= 0.6 is 24.8 Å². The summed E-state index contributed by atoms with van der Waals surface area (Å²) in [5, 5.41) is 3.40. The van der Waals surface area contributed by atoms with Crippen molar-refractivity contribution in [2.45, 2.75) is 43.5 Å². The molecule has 1 fully saturated rings. The monoisotopic (exact) mass is 396 g/mol. The molecule has 4 nitrogen and oxygen atoms in total. The Hall–Kier alpha value is -0.330. The number of halogens is 2. The molecule has 1 atom stereocenters. The van der Waals surface area contributed by atoms with Crippen LogP contribution in [0.15, 0.2) is 29.2 Å². The second-order valence-electron chi connectivity index (χ2n) is 6.14. The minimum atomic E-state index is -3.11. The summed E-state index contributed by atoms with van der Waals surface area (Å²) >= 11 is 0. The number of benzene rings is 1. The first-order valence-electron chi connectivity index (χ1n) is 8.27. The number of unbranched alkanes of at least 4 members (excludes halogenated alkanes) is 2. The van der Waals surface area contributed by atoms with Crippen LogP contribution < -0.4 is 5.32 Å². The van der Waals surface area contributed by atoms with E-state index in [9.17, 15) is 8.42 Å². The minimum absolute atomic E-state index is 0. The molecule has 0 bridgehead atoms. The highest BCUT2D eigenvalue weighted by Crippen LogP contribution is 2.28. The van der Waals surface area contributed by atoms with Crippen LogP contribution in [0.1, 0.15) is 44.2 Å². The summed E-state index contributed by atoms with van der Waals surface area (Å²) < 4.78 is 23.2. The molecule has 1 aliphatic heterocycles. The smallest absolute Gasteiger partial charge is 0.175 e. The van der Waals surface area contributed by atoms with Gasteiger partial charge in [-0.15, -0.1) is 24.8 Å². The Morgan fingerprint density at radius 3 is 2.17 bits per heavy atom. The van der Waals surface area contributed by atoms with Crippen molar-refractivity contribution in [1.29, 1.82) is 0 Å². The van der Waals surface area contributed by atoms with Gasteiger partial charge in [-0.2, -0.15) is 0 Å². The quantitative estimate of drug-likeness (QED) is 0.716. The second kappa shape index (κ2) is 11.3. The number of sulfone groups is 1. The Morgan fingerprint density at radius 1 is 1.08 bits per heavy atom. The molecule has 0 spiro atoms. The Kier molecular flexibility index (Phi) is 11.2. The van der Waals surface area contributed by atoms with E-state index in [2.05, 4.69) is 17.1 Å². The van der Waals surface area contributed by atoms with Crippen LogP contribution in [0.2, 0.25) is 0 Å². The molecule has 0 saturated carbocycles. The van der Waals surface area contributed by atoms with Gasteiger partial charge in [0, 0.05) is 38.5 Å². The summed E-state index contributed by atoms with van der Waals surface area (Å²) in [6.45, 7) is 6.41. The molecule has 0 aromatic heterocycles. The number of rotatable bonds is 7. The van der Waals surface area contributed by atoms with Gasteiger partial charge in [0.1, 0.15) is 0 Å². The average molecular weight is 397 g/mol. The fourth-order valence-electron chi connectivity index (χ4n) is 3.08. The van der Waals surface area contributed by atoms with E-state index in [1.54, 1.807) is 12.1 Å². The molecule has 0 amide bonds. The first-order chi connectivity index (χ1) is 10.5. The molecule has 1 N–H and O–H groups in total. The molecule has 0 aliphatic carbocycles. The molecule has 0 unspecified atom stereocenters. The summed E-state index contributed by atoms with van der Waals surface area (Å²) in [6, 6.07) is 7.89. The van der Waals surface area contributed by atoms with E-state index in [1.807, 2.05) is 12.1 Å². The summed E-state index contributed by atoms with van der Waals surface area (Å²) in [5.41, 5.74) is 1.24. The number of nitrogens with one attached hydrogen (secondary N) is 1. The van der Waals surface area contributed by atoms with Gasteiger partial charge in [0.15, 0.2) is 9.84 Å². The first kappa shape index (κ1) is 23.7. The molecule has 24 heavy (non-hydrogen) atoms. The predicted octanol–water partition coefficient (Wildman–Crippen LogP) is 3.46. The lowest BCUT2D eigenvalue weighted by Gasteiger charge is -2.35. The van der Waals surface area contributed by atoms with Crippen molar-refractivity contribution < 1.29 is 8.42 Å². The van der Waals surface area contributed by atoms with Crippen molar-refractivity contribution in [2.75, 3.05) is 32.4 Å². The summed E-state index contributed by atoms with van der Waals surface area (Å²) in [6.07, 6.45) is 6.10. The van der Waals surface area contributed by atoms with Crippen LogP contribution in [0.4, 0.5) is 0 Å². The maximum Gasteiger partial charge on any atom is 0.175 e. The minimum Gasteiger partial charge on any atom is -0.314 e. The standard InChI is InChI=1S/C17H28N2O2S.2ClH/c1-3-4-5-6-17(19-13-11-18-12-14-19)15-7-9-16(10-8-15)22(2,20)21;;/h7-10,17-18H,3-6,11-14H2,1-2H3;2*1H/t17-;;/m1../s1. The molecule has 1 aromatic rings. The molecule has 1 aliphatic rings. The van der Waals surface area contributed by atoms with Crippen molar-refractivity contribution in [3.8, 4) is 0 Å². The van der Waals surface area contributed by atoms with Gasteiger partial charge in [-0.25, -0.2) is 8.42 Å². The highest BCUT2D eigenvalue weighted by molar-refractivity contribution is 7.90. The zero-order chi connectivity index (χ0) is 16.0. The summed E-state index contributed by atoms with van der Waals surface area (Å²) in [5.74, 6) is 0. The van der Waals surface area contributed by atoms with Crippen molar-refractivity contribution in [3.05, 3.63) is 29.8 Å². The molecule has 1 aromatic carbocycles. The topological polar surface area (TPSA) is 49.4 Å². The lowest BCUT2D eigenvalue weighted by molar-refractivity contribution is 0.162. The molecule has 140 valence electrons. The Bertz CT molecular complexity index is 558. The van der Waals surface area contributed by atoms with E-state index in [-0.39, 0.29) is 24.8 Å². The van der Waals surface area contributed by atoms with E-state index in [0.717, 1.165) is 32.6 Å². The van der Waals surface area contributed by atoms with Gasteiger partial charge in [-0.05, 0) is 24.1 Å². The van der Waals surface area contributed by atoms with Gasteiger partial charge < -0.3 is 5.32 Å². The Balaban J connectivity index is 0.00000264. The predicted molar refractivity (Wildman–Crippen MR) is 105 cm³/mol. The van der Waals surface area contributed by atoms with E-state index in [1.165, 1.54) is 31.1 Å². The van der Waals surface area contributed by atoms with Gasteiger partial charge in [-0.3, -0.25) is 4.90 Å². The third kappa shape index (κ3) is 6.89. The Morgan fingerprint density at radius 2 is 1.67 bits per heavy atom. The molecule has 1 saturated heterocycles. The van der Waals surface area contributed by atoms with E-state index in [4.69, 9.17) is 0 Å². The van der Waals surface area contributed by atoms with E-state index in [0.29, 0.717) is 10.9 Å². The second-order valence-corrected chi connectivity index (χ2v) is 8.15. The van der Waals surface area contributed by atoms with Gasteiger partial charge >= 0.3 is 0 Å². The van der Waals surface area contributed by atoms with Gasteiger partial charge in [-0.1, -0.05) is 38.3 Å². The number of hydrogen-bond acceptors (Lipinski definition) is 4. The van der Waals surface area contributed by atoms with Crippen LogP contribution in [0.5, 0.6) is 0 Å². The zero-order valence-electron chi connectivity index (χ0n) is 14.5. The van der Waals surface area contributed by atoms with Crippen LogP contribution in [-0.4, -0.2) is 45.8 Å². The van der Waals surface area contributed by atoms with E-state index >= 15 is 0 Å². The van der Waals surface area contributed by atoms with Crippen molar-refractivity contribution in [1.82, 2.24) is 10.2 Å². The van der Waals surface area contributed by atoms with Crippen LogP contribution in [0.25, 0.3) is 0 Å². The third-order valence-corrected chi connectivity index (χ3v) is 5.49. The normalized spacial score (nSPS) is 16.8. The SMILES string of the molecule is CCCCC[C@H](c1ccc(S(C)(=O)=O)cc1)N1CCNCC1.Cl.Cl. The van der Waals surface area contributed by atoms with E-state index < -0.39 is 9.84 Å². The van der Waals surface area contributed by atoms with Crippen molar-refractivity contribution >= 4 is 34.7 Å². The fourth-order valence-corrected chi connectivity index (χ4v) is 3.71. The Labute approximate surface area is 159 Å². The van der Waals surface area contributed by atoms with Crippen molar-refractivity contribution in [3.63, 3.8) is 0 Å². The highest BCUT2D eigenvalue weighted by atomic mass is 35.5. The molecule has 0 radical (unpaired) electrons. The third-order valence-electron chi connectivity index (χ3n) is 4.37. The zero-order valence-corrected chi connectivity index (χ0v) is 17.0. The average Bonchev–Trinajstić information content (AvgIpc) is 2.52. The molecule has 1 heterocycles. The maximum atomic E-state index is 11.6. The highest BCUT2D eigenvalue weighted by Gasteiger charge is 2.22. The van der Waals surface area contributed by atoms with Crippen LogP contribution in [0.3, 0.4) is 0 Å². The number of hydrogen-bond donors (Lipinski definition) is 1. The molecule has 7 heteroatoms. The largest absolute Gasteiger partial charge is 0.314 e. The summed E-state index contributed by atoms with van der Waals surface area (Å²) in [4.78, 5) is 2.94. The van der Waals surface area contributed by atoms with Crippen LogP contribution in [-0.2, 0) is 9.84 Å².